The first-order valence-electron chi connectivity index (χ1n) is 8.17. The number of aromatic nitrogens is 1. The Balaban J connectivity index is 1.75. The van der Waals surface area contributed by atoms with Gasteiger partial charge in [0.05, 0.1) is 19.3 Å². The summed E-state index contributed by atoms with van der Waals surface area (Å²) < 4.78 is 15.6. The summed E-state index contributed by atoms with van der Waals surface area (Å²) in [5.74, 6) is 1.19. The van der Waals surface area contributed by atoms with E-state index in [1.807, 2.05) is 6.07 Å². The predicted octanol–water partition coefficient (Wildman–Crippen LogP) is 2.07. The quantitative estimate of drug-likeness (QED) is 0.797. The number of carbonyl (C=O) groups excluding carboxylic acids is 1. The zero-order valence-electron chi connectivity index (χ0n) is 14.3. The molecule has 0 aliphatic heterocycles. The Morgan fingerprint density at radius 3 is 2.76 bits per heavy atom. The molecule has 1 aliphatic carbocycles. The first-order valence-corrected chi connectivity index (χ1v) is 8.17. The van der Waals surface area contributed by atoms with E-state index in [1.54, 1.807) is 38.6 Å². The zero-order chi connectivity index (χ0) is 17.8. The minimum Gasteiger partial charge on any atom is -0.481 e. The number of hydrogen-bond acceptors (Lipinski definition) is 6. The first kappa shape index (κ1) is 17.4. The Morgan fingerprint density at radius 2 is 2.16 bits per heavy atom. The highest BCUT2D eigenvalue weighted by Crippen LogP contribution is 2.38. The third-order valence-electron chi connectivity index (χ3n) is 4.41. The number of aliphatic hydroxyl groups excluding tert-OH is 1. The molecule has 7 heteroatoms. The third kappa shape index (κ3) is 4.00. The van der Waals surface area contributed by atoms with Gasteiger partial charge < -0.3 is 24.3 Å². The highest BCUT2D eigenvalue weighted by atomic mass is 16.5. The molecule has 7 nitrogen and oxygen atoms in total. The van der Waals surface area contributed by atoms with E-state index in [9.17, 15) is 9.90 Å². The van der Waals surface area contributed by atoms with Gasteiger partial charge in [0.15, 0.2) is 5.76 Å². The Morgan fingerprint density at radius 1 is 1.36 bits per heavy atom. The number of ether oxygens (including phenoxy) is 2. The van der Waals surface area contributed by atoms with Gasteiger partial charge in [-0.2, -0.15) is 0 Å². The molecule has 0 saturated heterocycles. The number of hydrogen-bond donors (Lipinski definition) is 2. The maximum Gasteiger partial charge on any atom is 0.287 e. The Labute approximate surface area is 146 Å². The van der Waals surface area contributed by atoms with Gasteiger partial charge in [0.1, 0.15) is 12.4 Å². The Bertz CT molecular complexity index is 707. The van der Waals surface area contributed by atoms with E-state index in [0.717, 1.165) is 5.56 Å². The van der Waals surface area contributed by atoms with Crippen LogP contribution in [0.1, 0.15) is 40.8 Å². The lowest BCUT2D eigenvalue weighted by Gasteiger charge is -2.38. The molecule has 1 saturated carbocycles. The molecule has 2 heterocycles. The van der Waals surface area contributed by atoms with Crippen LogP contribution in [0, 0.1) is 5.92 Å². The smallest absolute Gasteiger partial charge is 0.287 e. The lowest BCUT2D eigenvalue weighted by atomic mass is 9.75. The van der Waals surface area contributed by atoms with Crippen molar-refractivity contribution in [1.82, 2.24) is 10.3 Å². The standard InChI is InChI=1S/C18H22N2O5/c1-23-10-14-4-5-15(25-14)18(22)20-17(12-7-13(21)8-12)11-3-6-16(24-2)19-9-11/h3-6,9,12-13,17,21H,7-8,10H2,1-2H3,(H,20,22)/t12?,13?,17-/m0/s1. The van der Waals surface area contributed by atoms with Crippen LogP contribution >= 0.6 is 0 Å². The van der Waals surface area contributed by atoms with Gasteiger partial charge in [-0.1, -0.05) is 6.07 Å². The fraction of sp³-hybridized carbons (Fsp3) is 0.444. The van der Waals surface area contributed by atoms with E-state index in [-0.39, 0.29) is 29.7 Å². The summed E-state index contributed by atoms with van der Waals surface area (Å²) in [5.41, 5.74) is 0.870. The molecule has 2 aromatic heterocycles. The van der Waals surface area contributed by atoms with Crippen LogP contribution < -0.4 is 10.1 Å². The van der Waals surface area contributed by atoms with Crippen molar-refractivity contribution >= 4 is 5.91 Å². The van der Waals surface area contributed by atoms with E-state index >= 15 is 0 Å². The average Bonchev–Trinajstić information content (AvgIpc) is 3.06. The summed E-state index contributed by atoms with van der Waals surface area (Å²) in [6, 6.07) is 6.73. The fourth-order valence-electron chi connectivity index (χ4n) is 3.00. The molecule has 1 atom stereocenters. The van der Waals surface area contributed by atoms with E-state index in [4.69, 9.17) is 13.9 Å². The largest absolute Gasteiger partial charge is 0.481 e. The number of aliphatic hydroxyl groups is 1. The number of rotatable bonds is 7. The molecule has 0 radical (unpaired) electrons. The number of carbonyl (C=O) groups is 1. The molecule has 25 heavy (non-hydrogen) atoms. The highest BCUT2D eigenvalue weighted by Gasteiger charge is 2.36. The summed E-state index contributed by atoms with van der Waals surface area (Å²) in [6.07, 6.45) is 2.66. The molecular formula is C18H22N2O5. The lowest BCUT2D eigenvalue weighted by Crippen LogP contribution is -2.41. The van der Waals surface area contributed by atoms with Crippen LogP contribution in [0.5, 0.6) is 5.88 Å². The van der Waals surface area contributed by atoms with Crippen molar-refractivity contribution in [3.63, 3.8) is 0 Å². The second-order valence-electron chi connectivity index (χ2n) is 6.17. The molecule has 0 unspecified atom stereocenters. The van der Waals surface area contributed by atoms with Gasteiger partial charge in [-0.05, 0) is 36.5 Å². The summed E-state index contributed by atoms with van der Waals surface area (Å²) in [4.78, 5) is 16.8. The van der Waals surface area contributed by atoms with E-state index < -0.39 is 0 Å². The molecule has 1 aliphatic rings. The molecule has 1 amide bonds. The van der Waals surface area contributed by atoms with Crippen LogP contribution in [-0.2, 0) is 11.3 Å². The monoisotopic (exact) mass is 346 g/mol. The molecule has 134 valence electrons. The molecule has 2 aromatic rings. The maximum atomic E-state index is 12.5. The molecule has 0 aromatic carbocycles. The van der Waals surface area contributed by atoms with Crippen LogP contribution in [0.4, 0.5) is 0 Å². The summed E-state index contributed by atoms with van der Waals surface area (Å²) in [5, 5.41) is 12.6. The Hall–Kier alpha value is -2.38. The zero-order valence-corrected chi connectivity index (χ0v) is 14.3. The number of amides is 1. The molecule has 1 fully saturated rings. The van der Waals surface area contributed by atoms with Gasteiger partial charge in [0, 0.05) is 19.4 Å². The molecule has 0 spiro atoms. The number of nitrogens with zero attached hydrogens (tertiary/aromatic N) is 1. The second kappa shape index (κ2) is 7.67. The van der Waals surface area contributed by atoms with Gasteiger partial charge in [0.25, 0.3) is 5.91 Å². The lowest BCUT2D eigenvalue weighted by molar-refractivity contribution is 0.0231. The van der Waals surface area contributed by atoms with Crippen molar-refractivity contribution in [2.24, 2.45) is 5.92 Å². The van der Waals surface area contributed by atoms with Gasteiger partial charge in [0.2, 0.25) is 5.88 Å². The minimum atomic E-state index is -0.312. The van der Waals surface area contributed by atoms with E-state index in [2.05, 4.69) is 10.3 Å². The number of furan rings is 1. The van der Waals surface area contributed by atoms with Crippen LogP contribution in [0.15, 0.2) is 34.9 Å². The molecular weight excluding hydrogens is 324 g/mol. The van der Waals surface area contributed by atoms with Crippen molar-refractivity contribution in [1.29, 1.82) is 0 Å². The van der Waals surface area contributed by atoms with E-state index in [0.29, 0.717) is 31.1 Å². The van der Waals surface area contributed by atoms with Gasteiger partial charge >= 0.3 is 0 Å². The molecule has 3 rings (SSSR count). The van der Waals surface area contributed by atoms with Crippen LogP contribution in [0.2, 0.25) is 0 Å². The third-order valence-corrected chi connectivity index (χ3v) is 4.41. The van der Waals surface area contributed by atoms with Gasteiger partial charge in [-0.25, -0.2) is 4.98 Å². The van der Waals surface area contributed by atoms with Crippen molar-refractivity contribution in [2.45, 2.75) is 31.6 Å². The van der Waals surface area contributed by atoms with Gasteiger partial charge in [-0.15, -0.1) is 0 Å². The average molecular weight is 346 g/mol. The molecule has 2 N–H and O–H groups in total. The first-order chi connectivity index (χ1) is 12.1. The van der Waals surface area contributed by atoms with Crippen LogP contribution in [0.25, 0.3) is 0 Å². The number of nitrogens with one attached hydrogen (secondary N) is 1. The highest BCUT2D eigenvalue weighted by molar-refractivity contribution is 5.91. The fourth-order valence-corrected chi connectivity index (χ4v) is 3.00. The predicted molar refractivity (Wildman–Crippen MR) is 89.1 cm³/mol. The summed E-state index contributed by atoms with van der Waals surface area (Å²) in [6.45, 7) is 0.313. The van der Waals surface area contributed by atoms with E-state index in [1.165, 1.54) is 0 Å². The van der Waals surface area contributed by atoms with Gasteiger partial charge in [-0.3, -0.25) is 4.79 Å². The number of methoxy groups -OCH3 is 2. The van der Waals surface area contributed by atoms with Crippen LogP contribution in [0.3, 0.4) is 0 Å². The number of pyridine rings is 1. The SMILES string of the molecule is COCc1ccc(C(=O)N[C@@H](c2ccc(OC)nc2)C2CC(O)C2)o1. The van der Waals surface area contributed by atoms with Crippen molar-refractivity contribution < 1.29 is 23.8 Å². The van der Waals surface area contributed by atoms with Crippen LogP contribution in [-0.4, -0.2) is 36.3 Å². The molecule has 0 bridgehead atoms. The summed E-state index contributed by atoms with van der Waals surface area (Å²) in [7, 11) is 3.12. The Kier molecular flexibility index (Phi) is 5.35. The second-order valence-corrected chi connectivity index (χ2v) is 6.17. The van der Waals surface area contributed by atoms with Crippen molar-refractivity contribution in [3.05, 3.63) is 47.5 Å². The maximum absolute atomic E-state index is 12.5. The van der Waals surface area contributed by atoms with Crippen molar-refractivity contribution in [2.75, 3.05) is 14.2 Å². The van der Waals surface area contributed by atoms with Crippen molar-refractivity contribution in [3.8, 4) is 5.88 Å². The normalized spacial score (nSPS) is 20.6. The summed E-state index contributed by atoms with van der Waals surface area (Å²) >= 11 is 0. The minimum absolute atomic E-state index is 0.155. The topological polar surface area (TPSA) is 93.8 Å².